The molecule has 2 N–H and O–H groups in total. The molecule has 2 aromatic heterocycles. The second-order valence-corrected chi connectivity index (χ2v) is 11.2. The minimum Gasteiger partial charge on any atom is -0.298 e. The smallest absolute Gasteiger partial charge is 0.261 e. The number of nitrogens with one attached hydrogen (secondary N) is 2. The Balaban J connectivity index is 1.55. The Labute approximate surface area is 194 Å². The summed E-state index contributed by atoms with van der Waals surface area (Å²) in [7, 11) is -4.00. The van der Waals surface area contributed by atoms with Crippen LogP contribution in [0.4, 0.5) is 15.2 Å². The predicted molar refractivity (Wildman–Crippen MR) is 125 cm³/mol. The van der Waals surface area contributed by atoms with Crippen LogP contribution in [0.15, 0.2) is 74.7 Å². The van der Waals surface area contributed by atoms with E-state index in [2.05, 4.69) is 31.0 Å². The Kier molecular flexibility index (Phi) is 6.19. The van der Waals surface area contributed by atoms with Gasteiger partial charge in [0.2, 0.25) is 0 Å². The second-order valence-electron chi connectivity index (χ2n) is 6.20. The zero-order chi connectivity index (χ0) is 22.0. The number of nitrogens with zero attached hydrogens (tertiary/aromatic N) is 1. The molecule has 0 bridgehead atoms. The lowest BCUT2D eigenvalue weighted by atomic mass is 10.2. The number of amides is 1. The maximum Gasteiger partial charge on any atom is 0.261 e. The minimum atomic E-state index is -4.00. The van der Waals surface area contributed by atoms with E-state index in [1.54, 1.807) is 12.1 Å². The summed E-state index contributed by atoms with van der Waals surface area (Å²) in [5.41, 5.74) is 0.966. The summed E-state index contributed by atoms with van der Waals surface area (Å²) < 4.78 is 41.7. The third kappa shape index (κ3) is 5.01. The Morgan fingerprint density at radius 1 is 1.03 bits per heavy atom. The Hall–Kier alpha value is -2.60. The average molecular weight is 538 g/mol. The fourth-order valence-corrected chi connectivity index (χ4v) is 5.85. The normalized spacial score (nSPS) is 11.3. The molecule has 31 heavy (non-hydrogen) atoms. The molecular weight excluding hydrogens is 525 g/mol. The van der Waals surface area contributed by atoms with Crippen molar-refractivity contribution >= 4 is 65.4 Å². The number of hydrogen-bond acceptors (Lipinski definition) is 6. The van der Waals surface area contributed by atoms with E-state index < -0.39 is 21.7 Å². The summed E-state index contributed by atoms with van der Waals surface area (Å²) >= 11 is 6.20. The van der Waals surface area contributed by atoms with Crippen LogP contribution in [-0.2, 0) is 10.0 Å². The largest absolute Gasteiger partial charge is 0.298 e. The van der Waals surface area contributed by atoms with Gasteiger partial charge in [0, 0.05) is 5.38 Å². The number of carbonyl (C=O) groups is 1. The van der Waals surface area contributed by atoms with Crippen molar-refractivity contribution in [2.75, 3.05) is 10.0 Å². The first-order valence-corrected chi connectivity index (χ1v) is 12.7. The molecule has 2 heterocycles. The number of carbonyl (C=O) groups excluding carboxylic acids is 1. The monoisotopic (exact) mass is 537 g/mol. The van der Waals surface area contributed by atoms with Crippen LogP contribution >= 0.6 is 38.6 Å². The number of para-hydroxylation sites is 1. The number of aromatic nitrogens is 1. The highest BCUT2D eigenvalue weighted by Crippen LogP contribution is 2.33. The number of thiazole rings is 1. The van der Waals surface area contributed by atoms with Crippen LogP contribution in [0.5, 0.6) is 0 Å². The number of anilines is 2. The first-order chi connectivity index (χ1) is 14.8. The van der Waals surface area contributed by atoms with Gasteiger partial charge in [-0.25, -0.2) is 17.8 Å². The van der Waals surface area contributed by atoms with Gasteiger partial charge in [-0.15, -0.1) is 22.7 Å². The van der Waals surface area contributed by atoms with Crippen molar-refractivity contribution in [3.8, 4) is 10.6 Å². The quantitative estimate of drug-likeness (QED) is 0.324. The second kappa shape index (κ2) is 8.87. The molecule has 158 valence electrons. The molecule has 1 amide bonds. The van der Waals surface area contributed by atoms with Crippen molar-refractivity contribution in [3.05, 3.63) is 81.2 Å². The zero-order valence-corrected chi connectivity index (χ0v) is 19.5. The number of benzene rings is 2. The van der Waals surface area contributed by atoms with E-state index in [0.29, 0.717) is 5.13 Å². The highest BCUT2D eigenvalue weighted by Gasteiger charge is 2.19. The van der Waals surface area contributed by atoms with Gasteiger partial charge in [-0.1, -0.05) is 12.1 Å². The van der Waals surface area contributed by atoms with Gasteiger partial charge in [-0.2, -0.15) is 0 Å². The fraction of sp³-hybridized carbons (Fsp3) is 0. The van der Waals surface area contributed by atoms with Gasteiger partial charge >= 0.3 is 0 Å². The summed E-state index contributed by atoms with van der Waals surface area (Å²) in [4.78, 5) is 18.1. The van der Waals surface area contributed by atoms with Crippen LogP contribution in [0.25, 0.3) is 10.6 Å². The highest BCUT2D eigenvalue weighted by molar-refractivity contribution is 9.11. The lowest BCUT2D eigenvalue weighted by Gasteiger charge is -2.12. The summed E-state index contributed by atoms with van der Waals surface area (Å²) in [5.74, 6) is -1.05. The maximum atomic E-state index is 13.1. The first kappa shape index (κ1) is 21.6. The van der Waals surface area contributed by atoms with Crippen LogP contribution in [0.2, 0.25) is 0 Å². The molecular formula is C20H13BrFN3O3S3. The molecule has 0 radical (unpaired) electrons. The fourth-order valence-electron chi connectivity index (χ4n) is 2.65. The van der Waals surface area contributed by atoms with E-state index in [1.165, 1.54) is 34.8 Å². The number of rotatable bonds is 6. The standard InChI is InChI=1S/C20H13BrFN3O3S3/c21-18-10-9-17(30-18)16-11-29-20(23-16)24-19(26)14-3-1-2-4-15(14)25-31(27,28)13-7-5-12(22)6-8-13/h1-11,25H,(H,23,24,26). The van der Waals surface area contributed by atoms with Crippen LogP contribution < -0.4 is 10.0 Å². The van der Waals surface area contributed by atoms with E-state index in [9.17, 15) is 17.6 Å². The Bertz CT molecular complexity index is 1350. The number of sulfonamides is 1. The van der Waals surface area contributed by atoms with E-state index in [4.69, 9.17) is 0 Å². The maximum absolute atomic E-state index is 13.1. The van der Waals surface area contributed by atoms with Crippen molar-refractivity contribution in [2.45, 2.75) is 4.90 Å². The predicted octanol–water partition coefficient (Wildman–Crippen LogP) is 5.83. The van der Waals surface area contributed by atoms with Crippen molar-refractivity contribution < 1.29 is 17.6 Å². The van der Waals surface area contributed by atoms with Crippen LogP contribution in [0.1, 0.15) is 10.4 Å². The third-order valence-electron chi connectivity index (χ3n) is 4.09. The molecule has 0 saturated carbocycles. The molecule has 0 aliphatic carbocycles. The molecule has 0 fully saturated rings. The molecule has 2 aromatic carbocycles. The summed E-state index contributed by atoms with van der Waals surface area (Å²) in [6, 6.07) is 14.5. The number of thiophene rings is 1. The van der Waals surface area contributed by atoms with Crippen LogP contribution in [0.3, 0.4) is 0 Å². The zero-order valence-electron chi connectivity index (χ0n) is 15.5. The minimum absolute atomic E-state index is 0.100. The summed E-state index contributed by atoms with van der Waals surface area (Å²) in [6.07, 6.45) is 0. The molecule has 0 aliphatic rings. The molecule has 0 saturated heterocycles. The molecule has 0 atom stereocenters. The average Bonchev–Trinajstić information content (AvgIpc) is 3.37. The molecule has 0 aliphatic heterocycles. The molecule has 11 heteroatoms. The summed E-state index contributed by atoms with van der Waals surface area (Å²) in [6.45, 7) is 0. The molecule has 0 unspecified atom stereocenters. The van der Waals surface area contributed by atoms with Crippen molar-refractivity contribution in [1.29, 1.82) is 0 Å². The Morgan fingerprint density at radius 3 is 2.48 bits per heavy atom. The van der Waals surface area contributed by atoms with Gasteiger partial charge in [-0.05, 0) is 64.5 Å². The lowest BCUT2D eigenvalue weighted by Crippen LogP contribution is -2.18. The first-order valence-electron chi connectivity index (χ1n) is 8.72. The van der Waals surface area contributed by atoms with Gasteiger partial charge in [-0.3, -0.25) is 14.8 Å². The Morgan fingerprint density at radius 2 is 1.77 bits per heavy atom. The topological polar surface area (TPSA) is 88.2 Å². The lowest BCUT2D eigenvalue weighted by molar-refractivity contribution is 0.102. The van der Waals surface area contributed by atoms with Gasteiger partial charge < -0.3 is 0 Å². The van der Waals surface area contributed by atoms with Gasteiger partial charge in [0.15, 0.2) is 5.13 Å². The number of hydrogen-bond donors (Lipinski definition) is 2. The van der Waals surface area contributed by atoms with Gasteiger partial charge in [0.1, 0.15) is 5.82 Å². The van der Waals surface area contributed by atoms with E-state index >= 15 is 0 Å². The van der Waals surface area contributed by atoms with Crippen LogP contribution in [-0.4, -0.2) is 19.3 Å². The SMILES string of the molecule is O=C(Nc1nc(-c2ccc(Br)s2)cs1)c1ccccc1NS(=O)(=O)c1ccc(F)cc1. The third-order valence-corrected chi connectivity index (χ3v) is 7.88. The van der Waals surface area contributed by atoms with E-state index in [1.807, 2.05) is 17.5 Å². The van der Waals surface area contributed by atoms with Gasteiger partial charge in [0.05, 0.1) is 30.5 Å². The van der Waals surface area contributed by atoms with Crippen LogP contribution in [0, 0.1) is 5.82 Å². The summed E-state index contributed by atoms with van der Waals surface area (Å²) in [5, 5.41) is 4.93. The molecule has 4 rings (SSSR count). The molecule has 4 aromatic rings. The van der Waals surface area contributed by atoms with Crippen molar-refractivity contribution in [2.24, 2.45) is 0 Å². The van der Waals surface area contributed by atoms with E-state index in [-0.39, 0.29) is 16.1 Å². The molecule has 0 spiro atoms. The molecule has 6 nitrogen and oxygen atoms in total. The van der Waals surface area contributed by atoms with E-state index in [0.717, 1.165) is 38.6 Å². The van der Waals surface area contributed by atoms with Crippen molar-refractivity contribution in [3.63, 3.8) is 0 Å². The van der Waals surface area contributed by atoms with Gasteiger partial charge in [0.25, 0.3) is 15.9 Å². The van der Waals surface area contributed by atoms with Crippen molar-refractivity contribution in [1.82, 2.24) is 4.98 Å². The number of halogens is 2. The highest BCUT2D eigenvalue weighted by atomic mass is 79.9.